The van der Waals surface area contributed by atoms with E-state index in [2.05, 4.69) is 26.8 Å². The molecule has 2 rings (SSSR count). The fourth-order valence-electron chi connectivity index (χ4n) is 1.92. The molecule has 2 atom stereocenters. The van der Waals surface area contributed by atoms with Gasteiger partial charge in [-0.1, -0.05) is 93.2 Å². The summed E-state index contributed by atoms with van der Waals surface area (Å²) in [4.78, 5) is 0. The maximum Gasteiger partial charge on any atom is 0.0535 e. The summed E-state index contributed by atoms with van der Waals surface area (Å²) in [5.41, 5.74) is 1.73. The van der Waals surface area contributed by atoms with Crippen molar-refractivity contribution in [1.82, 2.24) is 0 Å². The predicted molar refractivity (Wildman–Crippen MR) is 118 cm³/mol. The molecule has 0 bridgehead atoms. The highest BCUT2D eigenvalue weighted by atomic mass is 16.3. The summed E-state index contributed by atoms with van der Waals surface area (Å²) < 4.78 is 0. The third-order valence-corrected chi connectivity index (χ3v) is 4.65. The highest BCUT2D eigenvalue weighted by Gasteiger charge is 2.12. The fourth-order valence-corrected chi connectivity index (χ4v) is 1.92. The molecule has 25 heavy (non-hydrogen) atoms. The first kappa shape index (κ1) is 29.5. The Morgan fingerprint density at radius 3 is 1.72 bits per heavy atom. The molecule has 1 N–H and O–H groups in total. The van der Waals surface area contributed by atoms with Crippen molar-refractivity contribution >= 4 is 0 Å². The minimum Gasteiger partial charge on any atom is -0.393 e. The van der Waals surface area contributed by atoms with Crippen LogP contribution in [0.4, 0.5) is 0 Å². The van der Waals surface area contributed by atoms with Crippen LogP contribution in [0.2, 0.25) is 0 Å². The van der Waals surface area contributed by atoms with Gasteiger partial charge in [-0.2, -0.15) is 0 Å². The van der Waals surface area contributed by atoms with Gasteiger partial charge in [0.2, 0.25) is 0 Å². The number of allylic oxidation sites excluding steroid dienone is 2. The zero-order valence-corrected chi connectivity index (χ0v) is 19.5. The summed E-state index contributed by atoms with van der Waals surface area (Å²) in [7, 11) is 0. The minimum atomic E-state index is -0.148. The summed E-state index contributed by atoms with van der Waals surface area (Å²) in [6.45, 7) is 20.7. The van der Waals surface area contributed by atoms with Crippen LogP contribution in [-0.4, -0.2) is 11.2 Å². The molecule has 0 aromatic rings. The van der Waals surface area contributed by atoms with E-state index in [4.69, 9.17) is 5.11 Å². The van der Waals surface area contributed by atoms with E-state index in [1.54, 1.807) is 12.5 Å². The molecular formula is C24H52O. The molecule has 0 aromatic carbocycles. The standard InChI is InChI=1S/C11H20.C5H12O.C4H8.2C2H6/c1-3-10(2)11-8-6-4-5-7-9-11;1-4(2)5(3)6;1-4-2-3-4;2*1-2/h8,10H,3-7,9H2,1-2H3;4-6H,1-3H3;4H,2-3H2,1H3;2*1-2H3. The van der Waals surface area contributed by atoms with E-state index in [0.717, 1.165) is 11.8 Å². The van der Waals surface area contributed by atoms with Gasteiger partial charge < -0.3 is 5.11 Å². The highest BCUT2D eigenvalue weighted by Crippen LogP contribution is 2.26. The van der Waals surface area contributed by atoms with E-state index >= 15 is 0 Å². The average molecular weight is 357 g/mol. The third kappa shape index (κ3) is 23.7. The smallest absolute Gasteiger partial charge is 0.0535 e. The zero-order valence-electron chi connectivity index (χ0n) is 19.5. The van der Waals surface area contributed by atoms with Crippen LogP contribution in [0.15, 0.2) is 11.6 Å². The number of hydrogen-bond donors (Lipinski definition) is 1. The van der Waals surface area contributed by atoms with Gasteiger partial charge in [0.05, 0.1) is 6.10 Å². The van der Waals surface area contributed by atoms with Gasteiger partial charge in [-0.3, -0.25) is 0 Å². The quantitative estimate of drug-likeness (QED) is 0.503. The molecule has 2 aliphatic carbocycles. The van der Waals surface area contributed by atoms with Crippen LogP contribution < -0.4 is 0 Å². The lowest BCUT2D eigenvalue weighted by Gasteiger charge is -2.11. The van der Waals surface area contributed by atoms with E-state index in [0.29, 0.717) is 5.92 Å². The molecule has 0 saturated heterocycles. The Labute approximate surface area is 161 Å². The van der Waals surface area contributed by atoms with Gasteiger partial charge in [0.25, 0.3) is 0 Å². The van der Waals surface area contributed by atoms with Crippen molar-refractivity contribution in [3.05, 3.63) is 11.6 Å². The summed E-state index contributed by atoms with van der Waals surface area (Å²) in [5.74, 6) is 2.33. The van der Waals surface area contributed by atoms with E-state index in [-0.39, 0.29) is 6.10 Å². The molecule has 2 aliphatic rings. The first-order valence-corrected chi connectivity index (χ1v) is 11.2. The topological polar surface area (TPSA) is 20.2 Å². The first-order valence-electron chi connectivity index (χ1n) is 11.2. The Hall–Kier alpha value is -0.300. The maximum absolute atomic E-state index is 8.63. The Morgan fingerprint density at radius 2 is 1.40 bits per heavy atom. The van der Waals surface area contributed by atoms with Gasteiger partial charge >= 0.3 is 0 Å². The van der Waals surface area contributed by atoms with Crippen LogP contribution in [0.3, 0.4) is 0 Å². The van der Waals surface area contributed by atoms with E-state index in [1.807, 2.05) is 41.5 Å². The molecule has 154 valence electrons. The van der Waals surface area contributed by atoms with Crippen molar-refractivity contribution in [2.75, 3.05) is 0 Å². The Kier molecular flexibility index (Phi) is 25.6. The second kappa shape index (κ2) is 21.7. The van der Waals surface area contributed by atoms with Crippen LogP contribution in [0.25, 0.3) is 0 Å². The van der Waals surface area contributed by atoms with Gasteiger partial charge in [-0.05, 0) is 56.8 Å². The molecule has 0 heterocycles. The van der Waals surface area contributed by atoms with Crippen molar-refractivity contribution in [2.24, 2.45) is 17.8 Å². The van der Waals surface area contributed by atoms with Crippen molar-refractivity contribution in [3.8, 4) is 0 Å². The second-order valence-electron chi connectivity index (χ2n) is 7.35. The van der Waals surface area contributed by atoms with Crippen LogP contribution in [0, 0.1) is 17.8 Å². The van der Waals surface area contributed by atoms with Gasteiger partial charge in [-0.15, -0.1) is 0 Å². The molecule has 0 radical (unpaired) electrons. The first-order chi connectivity index (χ1) is 11.9. The number of aliphatic hydroxyl groups is 1. The Balaban J connectivity index is -0.000000292. The largest absolute Gasteiger partial charge is 0.393 e. The maximum atomic E-state index is 8.63. The molecular weight excluding hydrogens is 304 g/mol. The Morgan fingerprint density at radius 1 is 0.960 bits per heavy atom. The molecule has 0 aliphatic heterocycles. The van der Waals surface area contributed by atoms with Crippen LogP contribution >= 0.6 is 0 Å². The molecule has 0 spiro atoms. The lowest BCUT2D eigenvalue weighted by Crippen LogP contribution is -2.07. The molecule has 1 heteroatoms. The monoisotopic (exact) mass is 356 g/mol. The number of hydrogen-bond acceptors (Lipinski definition) is 1. The molecule has 0 amide bonds. The summed E-state index contributed by atoms with van der Waals surface area (Å²) in [6, 6.07) is 0. The predicted octanol–water partition coefficient (Wildman–Crippen LogP) is 8.41. The third-order valence-electron chi connectivity index (χ3n) is 4.65. The second-order valence-corrected chi connectivity index (χ2v) is 7.35. The van der Waals surface area contributed by atoms with Gasteiger partial charge in [0.1, 0.15) is 0 Å². The van der Waals surface area contributed by atoms with E-state index in [1.165, 1.54) is 51.4 Å². The zero-order chi connectivity index (χ0) is 20.3. The molecule has 0 aromatic heterocycles. The molecule has 1 saturated carbocycles. The minimum absolute atomic E-state index is 0.148. The lowest BCUT2D eigenvalue weighted by atomic mass is 9.95. The van der Waals surface area contributed by atoms with Gasteiger partial charge in [0.15, 0.2) is 0 Å². The summed E-state index contributed by atoms with van der Waals surface area (Å²) in [5, 5.41) is 8.63. The summed E-state index contributed by atoms with van der Waals surface area (Å²) >= 11 is 0. The normalized spacial score (nSPS) is 18.2. The van der Waals surface area contributed by atoms with Crippen LogP contribution in [-0.2, 0) is 0 Å². The van der Waals surface area contributed by atoms with Crippen LogP contribution in [0.5, 0.6) is 0 Å². The summed E-state index contributed by atoms with van der Waals surface area (Å²) in [6.07, 6.45) is 13.6. The van der Waals surface area contributed by atoms with Crippen molar-refractivity contribution in [2.45, 2.75) is 127 Å². The number of rotatable bonds is 3. The van der Waals surface area contributed by atoms with Crippen molar-refractivity contribution in [3.63, 3.8) is 0 Å². The van der Waals surface area contributed by atoms with Crippen molar-refractivity contribution in [1.29, 1.82) is 0 Å². The Bertz CT molecular complexity index is 255. The fraction of sp³-hybridized carbons (Fsp3) is 0.917. The lowest BCUT2D eigenvalue weighted by molar-refractivity contribution is 0.144. The van der Waals surface area contributed by atoms with Crippen LogP contribution in [0.1, 0.15) is 121 Å². The van der Waals surface area contributed by atoms with E-state index < -0.39 is 0 Å². The molecule has 1 fully saturated rings. The number of aliphatic hydroxyl groups excluding tert-OH is 1. The highest BCUT2D eigenvalue weighted by molar-refractivity contribution is 5.06. The SMILES string of the molecule is CC.CC.CC(C)C(C)O.CC1CC1.CCC(C)C1=CCCCCC1. The van der Waals surface area contributed by atoms with E-state index in [9.17, 15) is 0 Å². The van der Waals surface area contributed by atoms with Crippen molar-refractivity contribution < 1.29 is 5.11 Å². The molecule has 2 unspecified atom stereocenters. The van der Waals surface area contributed by atoms with Gasteiger partial charge in [-0.25, -0.2) is 0 Å². The van der Waals surface area contributed by atoms with Gasteiger partial charge in [0, 0.05) is 0 Å². The molecule has 1 nitrogen and oxygen atoms in total. The average Bonchev–Trinajstić information content (AvgIpc) is 3.45.